The number of ether oxygens (including phenoxy) is 1. The molecule has 0 spiro atoms. The van der Waals surface area contributed by atoms with Gasteiger partial charge in [0.2, 0.25) is 0 Å². The second-order valence-corrected chi connectivity index (χ2v) is 9.12. The van der Waals surface area contributed by atoms with Crippen LogP contribution in [-0.4, -0.2) is 25.3 Å². The van der Waals surface area contributed by atoms with E-state index in [4.69, 9.17) is 8.92 Å². The number of nitrogens with zero attached hydrogens (tertiary/aromatic N) is 1. The molecule has 0 saturated carbocycles. The normalized spacial score (nSPS) is 13.6. The first kappa shape index (κ1) is 20.0. The molecule has 2 aromatic carbocycles. The molecular weight excluding hydrogens is 402 g/mol. The third kappa shape index (κ3) is 5.17. The van der Waals surface area contributed by atoms with Crippen LogP contribution in [0.25, 0.3) is 0 Å². The molecule has 148 valence electrons. The first-order valence-corrected chi connectivity index (χ1v) is 10.5. The Morgan fingerprint density at radius 3 is 2.54 bits per heavy atom. The molecule has 8 nitrogen and oxygen atoms in total. The summed E-state index contributed by atoms with van der Waals surface area (Å²) >= 11 is 1.11. The molecule has 1 heterocycles. The Hall–Kier alpha value is -2.72. The molecular formula is C18H19N3O5S2. The van der Waals surface area contributed by atoms with Gasteiger partial charge in [0.1, 0.15) is 16.2 Å². The fourth-order valence-corrected chi connectivity index (χ4v) is 3.79. The molecule has 10 heteroatoms. The molecule has 0 unspecified atom stereocenters. The summed E-state index contributed by atoms with van der Waals surface area (Å²) in [4.78, 5) is 16.3. The van der Waals surface area contributed by atoms with E-state index < -0.39 is 21.8 Å². The van der Waals surface area contributed by atoms with Crippen LogP contribution in [0.15, 0.2) is 58.4 Å². The minimum atomic E-state index is -3.96. The van der Waals surface area contributed by atoms with E-state index in [1.54, 1.807) is 45.0 Å². The summed E-state index contributed by atoms with van der Waals surface area (Å²) in [6.45, 7) is 5.27. The minimum Gasteiger partial charge on any atom is -0.444 e. The van der Waals surface area contributed by atoms with Gasteiger partial charge in [-0.25, -0.2) is 9.79 Å². The van der Waals surface area contributed by atoms with Crippen molar-refractivity contribution in [2.45, 2.75) is 31.3 Å². The molecule has 2 aromatic rings. The fourth-order valence-electron chi connectivity index (χ4n) is 2.18. The van der Waals surface area contributed by atoms with Gasteiger partial charge < -0.3 is 13.6 Å². The first-order chi connectivity index (χ1) is 13.1. The van der Waals surface area contributed by atoms with E-state index in [0.29, 0.717) is 11.4 Å². The first-order valence-electron chi connectivity index (χ1n) is 8.27. The summed E-state index contributed by atoms with van der Waals surface area (Å²) < 4.78 is 38.1. The van der Waals surface area contributed by atoms with E-state index in [0.717, 1.165) is 11.9 Å². The van der Waals surface area contributed by atoms with E-state index in [9.17, 15) is 13.2 Å². The van der Waals surface area contributed by atoms with Crippen LogP contribution in [0.2, 0.25) is 0 Å². The third-order valence-corrected chi connectivity index (χ3v) is 5.26. The monoisotopic (exact) mass is 421 g/mol. The number of rotatable bonds is 3. The molecule has 0 fully saturated rings. The van der Waals surface area contributed by atoms with Gasteiger partial charge >= 0.3 is 16.2 Å². The highest BCUT2D eigenvalue weighted by molar-refractivity contribution is 8.15. The Labute approximate surface area is 167 Å². The molecule has 3 rings (SSSR count). The summed E-state index contributed by atoms with van der Waals surface area (Å²) in [7, 11) is -3.96. The second kappa shape index (κ2) is 7.72. The van der Waals surface area contributed by atoms with Crippen molar-refractivity contribution in [1.82, 2.24) is 5.32 Å². The van der Waals surface area contributed by atoms with Gasteiger partial charge in [-0.1, -0.05) is 18.2 Å². The average molecular weight is 422 g/mol. The number of nitrogens with one attached hydrogen (secondary N) is 2. The Kier molecular flexibility index (Phi) is 5.52. The van der Waals surface area contributed by atoms with Gasteiger partial charge in [0.05, 0.1) is 11.4 Å². The highest BCUT2D eigenvalue weighted by Gasteiger charge is 2.21. The number of hydrogen-bond donors (Lipinski definition) is 2. The van der Waals surface area contributed by atoms with Gasteiger partial charge in [0.15, 0.2) is 5.17 Å². The molecule has 0 aromatic heterocycles. The summed E-state index contributed by atoms with van der Waals surface area (Å²) in [5.41, 5.74) is 0.442. The van der Waals surface area contributed by atoms with Gasteiger partial charge in [-0.2, -0.15) is 8.42 Å². The van der Waals surface area contributed by atoms with Gasteiger partial charge in [-0.3, -0.25) is 5.32 Å². The van der Waals surface area contributed by atoms with Gasteiger partial charge in [0, 0.05) is 18.0 Å². The quantitative estimate of drug-likeness (QED) is 0.569. The molecule has 0 aliphatic carbocycles. The van der Waals surface area contributed by atoms with Crippen molar-refractivity contribution in [2.24, 2.45) is 4.99 Å². The molecule has 1 aliphatic heterocycles. The maximum absolute atomic E-state index is 12.4. The predicted octanol–water partition coefficient (Wildman–Crippen LogP) is 4.04. The second-order valence-electron chi connectivity index (χ2n) is 6.78. The van der Waals surface area contributed by atoms with Gasteiger partial charge in [-0.05, 0) is 45.0 Å². The van der Waals surface area contributed by atoms with Crippen molar-refractivity contribution < 1.29 is 22.1 Å². The summed E-state index contributed by atoms with van der Waals surface area (Å²) in [5, 5.41) is 2.81. The lowest BCUT2D eigenvalue weighted by Gasteiger charge is -2.21. The Balaban J connectivity index is 1.78. The SMILES string of the molecule is CC(C)(C)OC(=O)NC1=Nc2cc(OS(=O)(=O)c3ccccc3)ccc2NS1. The average Bonchev–Trinajstić information content (AvgIpc) is 2.60. The van der Waals surface area contributed by atoms with Crippen LogP contribution >= 0.6 is 11.9 Å². The Morgan fingerprint density at radius 1 is 1.14 bits per heavy atom. The number of fused-ring (bicyclic) bond motifs is 1. The smallest absolute Gasteiger partial charge is 0.413 e. The molecule has 0 bridgehead atoms. The number of anilines is 1. The molecule has 2 N–H and O–H groups in total. The topological polar surface area (TPSA) is 106 Å². The molecule has 0 saturated heterocycles. The molecule has 1 amide bonds. The minimum absolute atomic E-state index is 0.0529. The van der Waals surface area contributed by atoms with E-state index in [1.165, 1.54) is 24.3 Å². The number of benzene rings is 2. The highest BCUT2D eigenvalue weighted by atomic mass is 32.2. The number of carbonyl (C=O) groups excluding carboxylic acids is 1. The zero-order valence-electron chi connectivity index (χ0n) is 15.4. The van der Waals surface area contributed by atoms with E-state index in [-0.39, 0.29) is 15.8 Å². The van der Waals surface area contributed by atoms with Gasteiger partial charge in [-0.15, -0.1) is 0 Å². The number of aliphatic imine (C=N–C) groups is 1. The van der Waals surface area contributed by atoms with Crippen LogP contribution in [0.5, 0.6) is 5.75 Å². The van der Waals surface area contributed by atoms with E-state index in [2.05, 4.69) is 15.0 Å². The Morgan fingerprint density at radius 2 is 1.86 bits per heavy atom. The van der Waals surface area contributed by atoms with Crippen molar-refractivity contribution in [3.05, 3.63) is 48.5 Å². The van der Waals surface area contributed by atoms with Crippen molar-refractivity contribution in [2.75, 3.05) is 4.72 Å². The highest BCUT2D eigenvalue weighted by Crippen LogP contribution is 2.36. The number of amidine groups is 1. The van der Waals surface area contributed by atoms with Crippen LogP contribution in [0.1, 0.15) is 20.8 Å². The standard InChI is InChI=1S/C18H19N3O5S2/c1-18(2,3)25-17(22)20-16-19-15-11-12(9-10-14(15)21-27-16)26-28(23,24)13-7-5-4-6-8-13/h4-11,21H,1-3H3,(H,19,20,22). The molecule has 1 aliphatic rings. The molecule has 0 atom stereocenters. The van der Waals surface area contributed by atoms with Crippen molar-refractivity contribution >= 4 is 44.7 Å². The number of amides is 1. The van der Waals surface area contributed by atoms with Crippen molar-refractivity contribution in [1.29, 1.82) is 0 Å². The molecule has 28 heavy (non-hydrogen) atoms. The number of carbonyl (C=O) groups is 1. The van der Waals surface area contributed by atoms with E-state index >= 15 is 0 Å². The maximum atomic E-state index is 12.4. The lowest BCUT2D eigenvalue weighted by molar-refractivity contribution is 0.0564. The molecule has 0 radical (unpaired) electrons. The van der Waals surface area contributed by atoms with Crippen LogP contribution in [-0.2, 0) is 14.9 Å². The predicted molar refractivity (Wildman–Crippen MR) is 108 cm³/mol. The van der Waals surface area contributed by atoms with Gasteiger partial charge in [0.25, 0.3) is 0 Å². The zero-order chi connectivity index (χ0) is 20.4. The lowest BCUT2D eigenvalue weighted by Crippen LogP contribution is -2.35. The van der Waals surface area contributed by atoms with E-state index in [1.807, 2.05) is 0 Å². The zero-order valence-corrected chi connectivity index (χ0v) is 17.1. The van der Waals surface area contributed by atoms with Crippen LogP contribution in [0.4, 0.5) is 16.2 Å². The van der Waals surface area contributed by atoms with Crippen LogP contribution in [0.3, 0.4) is 0 Å². The number of alkyl carbamates (subject to hydrolysis) is 1. The van der Waals surface area contributed by atoms with Crippen molar-refractivity contribution in [3.63, 3.8) is 0 Å². The largest absolute Gasteiger partial charge is 0.444 e. The summed E-state index contributed by atoms with van der Waals surface area (Å²) in [6.07, 6.45) is -0.636. The van der Waals surface area contributed by atoms with Crippen molar-refractivity contribution in [3.8, 4) is 5.75 Å². The van der Waals surface area contributed by atoms with Crippen LogP contribution in [0, 0.1) is 0 Å². The summed E-state index contributed by atoms with van der Waals surface area (Å²) in [6, 6.07) is 12.5. The fraction of sp³-hybridized carbons (Fsp3) is 0.222. The third-order valence-electron chi connectivity index (χ3n) is 3.29. The summed E-state index contributed by atoms with van der Waals surface area (Å²) in [5.74, 6) is 0.108. The maximum Gasteiger partial charge on any atom is 0.413 e. The number of hydrogen-bond acceptors (Lipinski definition) is 8. The Bertz CT molecular complexity index is 1020. The van der Waals surface area contributed by atoms with Crippen LogP contribution < -0.4 is 14.2 Å². The lowest BCUT2D eigenvalue weighted by atomic mass is 10.2.